The van der Waals surface area contributed by atoms with Crippen molar-refractivity contribution < 1.29 is 0 Å². The van der Waals surface area contributed by atoms with Gasteiger partial charge < -0.3 is 0 Å². The van der Waals surface area contributed by atoms with Gasteiger partial charge in [-0.1, -0.05) is 42.5 Å². The van der Waals surface area contributed by atoms with Gasteiger partial charge in [0.2, 0.25) is 0 Å². The molecule has 18 heavy (non-hydrogen) atoms. The Kier molecular flexibility index (Phi) is 2.77. The van der Waals surface area contributed by atoms with Gasteiger partial charge in [-0.15, -0.1) is 0 Å². The Bertz CT molecular complexity index is 625. The van der Waals surface area contributed by atoms with Gasteiger partial charge in [0.15, 0.2) is 0 Å². The highest BCUT2D eigenvalue weighted by Crippen LogP contribution is 2.31. The standard InChI is InChI=1S/C16H14N2/c1-12-11-16(13-7-3-2-4-8-13)18-15-10-6-5-9-14(15)17-12/h2-10H,11H2,1H3. The topological polar surface area (TPSA) is 24.7 Å². The monoisotopic (exact) mass is 234 g/mol. The summed E-state index contributed by atoms with van der Waals surface area (Å²) in [7, 11) is 0. The second-order valence-electron chi connectivity index (χ2n) is 4.44. The van der Waals surface area contributed by atoms with Gasteiger partial charge >= 0.3 is 0 Å². The summed E-state index contributed by atoms with van der Waals surface area (Å²) in [5.41, 5.74) is 5.27. The minimum Gasteiger partial charge on any atom is -0.255 e. The zero-order chi connectivity index (χ0) is 12.4. The van der Waals surface area contributed by atoms with Crippen LogP contribution in [0.15, 0.2) is 64.6 Å². The van der Waals surface area contributed by atoms with E-state index in [4.69, 9.17) is 4.99 Å². The maximum absolute atomic E-state index is 4.76. The zero-order valence-corrected chi connectivity index (χ0v) is 10.3. The van der Waals surface area contributed by atoms with Crippen molar-refractivity contribution in [2.75, 3.05) is 0 Å². The molecule has 2 aromatic rings. The molecule has 0 unspecified atom stereocenters. The Labute approximate surface area is 107 Å². The van der Waals surface area contributed by atoms with Crippen molar-refractivity contribution in [3.63, 3.8) is 0 Å². The van der Waals surface area contributed by atoms with Crippen LogP contribution in [0.5, 0.6) is 0 Å². The van der Waals surface area contributed by atoms with E-state index in [-0.39, 0.29) is 0 Å². The predicted octanol–water partition coefficient (Wildman–Crippen LogP) is 4.30. The molecule has 0 atom stereocenters. The Morgan fingerprint density at radius 3 is 2.11 bits per heavy atom. The van der Waals surface area contributed by atoms with Gasteiger partial charge in [0.05, 0.1) is 17.1 Å². The fourth-order valence-electron chi connectivity index (χ4n) is 2.12. The van der Waals surface area contributed by atoms with E-state index < -0.39 is 0 Å². The first-order chi connectivity index (χ1) is 8.83. The minimum atomic E-state index is 0.804. The number of nitrogens with zero attached hydrogens (tertiary/aromatic N) is 2. The van der Waals surface area contributed by atoms with Crippen LogP contribution >= 0.6 is 0 Å². The first-order valence-corrected chi connectivity index (χ1v) is 6.09. The van der Waals surface area contributed by atoms with E-state index in [0.717, 1.165) is 29.2 Å². The molecular weight excluding hydrogens is 220 g/mol. The average molecular weight is 234 g/mol. The zero-order valence-electron chi connectivity index (χ0n) is 10.3. The summed E-state index contributed by atoms with van der Waals surface area (Å²) >= 11 is 0. The van der Waals surface area contributed by atoms with Gasteiger partial charge in [0, 0.05) is 12.1 Å². The van der Waals surface area contributed by atoms with E-state index in [2.05, 4.69) is 24.0 Å². The van der Waals surface area contributed by atoms with Crippen LogP contribution in [0.3, 0.4) is 0 Å². The number of rotatable bonds is 1. The maximum atomic E-state index is 4.76. The summed E-state index contributed by atoms with van der Waals surface area (Å²) in [4.78, 5) is 9.38. The molecule has 2 heteroatoms. The molecule has 0 radical (unpaired) electrons. The third kappa shape index (κ3) is 2.09. The van der Waals surface area contributed by atoms with Crippen LogP contribution in [0, 0.1) is 0 Å². The summed E-state index contributed by atoms with van der Waals surface area (Å²) in [6.07, 6.45) is 0.804. The van der Waals surface area contributed by atoms with E-state index in [9.17, 15) is 0 Å². The highest BCUT2D eigenvalue weighted by atomic mass is 14.9. The molecule has 1 heterocycles. The Morgan fingerprint density at radius 2 is 1.39 bits per heavy atom. The van der Waals surface area contributed by atoms with Crippen molar-refractivity contribution in [2.24, 2.45) is 9.98 Å². The number of benzene rings is 2. The minimum absolute atomic E-state index is 0.804. The average Bonchev–Trinajstić information content (AvgIpc) is 2.57. The second-order valence-corrected chi connectivity index (χ2v) is 4.44. The lowest BCUT2D eigenvalue weighted by molar-refractivity contribution is 1.44. The maximum Gasteiger partial charge on any atom is 0.0889 e. The summed E-state index contributed by atoms with van der Waals surface area (Å²) in [5, 5.41) is 0. The predicted molar refractivity (Wildman–Crippen MR) is 76.5 cm³/mol. The number of hydrogen-bond donors (Lipinski definition) is 0. The van der Waals surface area contributed by atoms with Crippen LogP contribution in [-0.2, 0) is 0 Å². The SMILES string of the molecule is CC1=Nc2ccccc2N=C(c2ccccc2)C1. The molecule has 0 aliphatic carbocycles. The van der Waals surface area contributed by atoms with Crippen LogP contribution in [0.4, 0.5) is 11.4 Å². The molecule has 0 spiro atoms. The fraction of sp³-hybridized carbons (Fsp3) is 0.125. The van der Waals surface area contributed by atoms with Crippen molar-refractivity contribution in [1.29, 1.82) is 0 Å². The highest BCUT2D eigenvalue weighted by Gasteiger charge is 2.11. The first-order valence-electron chi connectivity index (χ1n) is 6.09. The van der Waals surface area contributed by atoms with Gasteiger partial charge in [0.25, 0.3) is 0 Å². The van der Waals surface area contributed by atoms with Crippen molar-refractivity contribution in [2.45, 2.75) is 13.3 Å². The second kappa shape index (κ2) is 4.57. The first kappa shape index (κ1) is 10.9. The van der Waals surface area contributed by atoms with Crippen LogP contribution < -0.4 is 0 Å². The number of para-hydroxylation sites is 2. The van der Waals surface area contributed by atoms with E-state index >= 15 is 0 Å². The van der Waals surface area contributed by atoms with Crippen LogP contribution in [0.2, 0.25) is 0 Å². The number of fused-ring (bicyclic) bond motifs is 1. The van der Waals surface area contributed by atoms with E-state index in [1.807, 2.05) is 42.5 Å². The largest absolute Gasteiger partial charge is 0.255 e. The molecule has 2 aromatic carbocycles. The molecule has 0 N–H and O–H groups in total. The van der Waals surface area contributed by atoms with Crippen molar-refractivity contribution in [3.8, 4) is 0 Å². The molecule has 0 amide bonds. The van der Waals surface area contributed by atoms with Crippen LogP contribution in [0.1, 0.15) is 18.9 Å². The summed E-state index contributed by atoms with van der Waals surface area (Å²) in [5.74, 6) is 0. The molecule has 3 rings (SSSR count). The Hall–Kier alpha value is -2.22. The van der Waals surface area contributed by atoms with Gasteiger partial charge in [-0.05, 0) is 24.6 Å². The molecule has 0 aromatic heterocycles. The quantitative estimate of drug-likeness (QED) is 0.702. The molecule has 1 aliphatic heterocycles. The van der Waals surface area contributed by atoms with Crippen LogP contribution in [-0.4, -0.2) is 11.4 Å². The van der Waals surface area contributed by atoms with Gasteiger partial charge in [-0.2, -0.15) is 0 Å². The smallest absolute Gasteiger partial charge is 0.0889 e. The van der Waals surface area contributed by atoms with Gasteiger partial charge in [-0.3, -0.25) is 9.98 Å². The third-order valence-electron chi connectivity index (χ3n) is 2.98. The summed E-state index contributed by atoms with van der Waals surface area (Å²) in [6, 6.07) is 18.3. The number of aliphatic imine (C=N–C) groups is 2. The van der Waals surface area contributed by atoms with Crippen molar-refractivity contribution in [1.82, 2.24) is 0 Å². The molecular formula is C16H14N2. The molecule has 0 saturated heterocycles. The lowest BCUT2D eigenvalue weighted by Gasteiger charge is -2.04. The normalized spacial score (nSPS) is 14.3. The van der Waals surface area contributed by atoms with E-state index in [1.54, 1.807) is 0 Å². The molecule has 2 nitrogen and oxygen atoms in total. The molecule has 0 saturated carbocycles. The Balaban J connectivity index is 2.14. The lowest BCUT2D eigenvalue weighted by Crippen LogP contribution is -2.05. The molecule has 1 aliphatic rings. The Morgan fingerprint density at radius 1 is 0.778 bits per heavy atom. The van der Waals surface area contributed by atoms with E-state index in [1.165, 1.54) is 5.56 Å². The highest BCUT2D eigenvalue weighted by molar-refractivity contribution is 6.14. The third-order valence-corrected chi connectivity index (χ3v) is 2.98. The van der Waals surface area contributed by atoms with Gasteiger partial charge in [-0.25, -0.2) is 0 Å². The van der Waals surface area contributed by atoms with Crippen LogP contribution in [0.25, 0.3) is 0 Å². The summed E-state index contributed by atoms with van der Waals surface area (Å²) < 4.78 is 0. The number of hydrogen-bond acceptors (Lipinski definition) is 2. The van der Waals surface area contributed by atoms with Gasteiger partial charge in [0.1, 0.15) is 0 Å². The van der Waals surface area contributed by atoms with E-state index in [0.29, 0.717) is 0 Å². The molecule has 88 valence electrons. The molecule has 0 fully saturated rings. The van der Waals surface area contributed by atoms with Crippen molar-refractivity contribution in [3.05, 3.63) is 60.2 Å². The fourth-order valence-corrected chi connectivity index (χ4v) is 2.12. The van der Waals surface area contributed by atoms with Crippen molar-refractivity contribution >= 4 is 22.8 Å². The summed E-state index contributed by atoms with van der Waals surface area (Å²) in [6.45, 7) is 2.06. The molecule has 0 bridgehead atoms. The lowest BCUT2D eigenvalue weighted by atomic mass is 10.1.